The van der Waals surface area contributed by atoms with Crippen LogP contribution in [0.2, 0.25) is 0 Å². The fourth-order valence-electron chi connectivity index (χ4n) is 3.42. The van der Waals surface area contributed by atoms with Crippen molar-refractivity contribution in [3.05, 3.63) is 24.2 Å². The maximum atomic E-state index is 6.06. The minimum atomic E-state index is -0.182. The van der Waals surface area contributed by atoms with Gasteiger partial charge in [-0.25, -0.2) is 0 Å². The van der Waals surface area contributed by atoms with Gasteiger partial charge >= 0.3 is 0 Å². The third kappa shape index (κ3) is 2.85. The largest absolute Gasteiger partial charge is 0.467 e. The zero-order valence-corrected chi connectivity index (χ0v) is 13.3. The predicted molar refractivity (Wildman–Crippen MR) is 83.8 cm³/mol. The minimum Gasteiger partial charge on any atom is -0.467 e. The number of guanidine groups is 1. The van der Waals surface area contributed by atoms with Crippen LogP contribution in [-0.4, -0.2) is 44.0 Å². The smallest absolute Gasteiger partial charge is 0.191 e. The lowest BCUT2D eigenvalue weighted by atomic mass is 9.70. The van der Waals surface area contributed by atoms with Gasteiger partial charge < -0.3 is 24.5 Å². The molecule has 3 unspecified atom stereocenters. The molecule has 2 fully saturated rings. The fourth-order valence-corrected chi connectivity index (χ4v) is 3.42. The number of hydrogen-bond donors (Lipinski definition) is 2. The molecular formula is C16H25N3O3. The van der Waals surface area contributed by atoms with Crippen molar-refractivity contribution in [1.82, 2.24) is 10.6 Å². The first-order valence-electron chi connectivity index (χ1n) is 8.03. The van der Waals surface area contributed by atoms with Gasteiger partial charge in [0, 0.05) is 20.3 Å². The van der Waals surface area contributed by atoms with Gasteiger partial charge in [-0.3, -0.25) is 4.99 Å². The van der Waals surface area contributed by atoms with Gasteiger partial charge in [0.25, 0.3) is 0 Å². The average molecular weight is 307 g/mol. The summed E-state index contributed by atoms with van der Waals surface area (Å²) in [4.78, 5) is 4.29. The van der Waals surface area contributed by atoms with Crippen LogP contribution < -0.4 is 10.6 Å². The molecule has 2 N–H and O–H groups in total. The van der Waals surface area contributed by atoms with Gasteiger partial charge in [0.15, 0.2) is 5.96 Å². The molecule has 0 amide bonds. The molecule has 2 heterocycles. The van der Waals surface area contributed by atoms with Gasteiger partial charge in [-0.2, -0.15) is 0 Å². The first-order chi connectivity index (χ1) is 10.8. The van der Waals surface area contributed by atoms with E-state index in [0.717, 1.165) is 44.2 Å². The second kappa shape index (κ2) is 6.71. The van der Waals surface area contributed by atoms with Gasteiger partial charge in [-0.15, -0.1) is 0 Å². The SMILES string of the molecule is CCOC1CC(NC(=NC)NCc2ccco2)C12CCCO2. The fraction of sp³-hybridized carbons (Fsp3) is 0.688. The van der Waals surface area contributed by atoms with Crippen molar-refractivity contribution >= 4 is 5.96 Å². The van der Waals surface area contributed by atoms with Crippen molar-refractivity contribution in [2.45, 2.75) is 50.5 Å². The van der Waals surface area contributed by atoms with Crippen LogP contribution >= 0.6 is 0 Å². The number of ether oxygens (including phenoxy) is 2. The lowest BCUT2D eigenvalue weighted by Crippen LogP contribution is -2.70. The summed E-state index contributed by atoms with van der Waals surface area (Å²) in [6.07, 6.45) is 4.97. The molecule has 0 radical (unpaired) electrons. The standard InChI is InChI=1S/C16H25N3O3/c1-3-20-14-10-13(16(14)7-5-9-22-16)19-15(17-2)18-11-12-6-4-8-21-12/h4,6,8,13-14H,3,5,7,9-11H2,1-2H3,(H2,17,18,19). The summed E-state index contributed by atoms with van der Waals surface area (Å²) in [7, 11) is 1.78. The third-order valence-electron chi connectivity index (χ3n) is 4.58. The summed E-state index contributed by atoms with van der Waals surface area (Å²) in [6, 6.07) is 4.07. The van der Waals surface area contributed by atoms with Gasteiger partial charge in [-0.1, -0.05) is 0 Å². The number of aliphatic imine (C=N–C) groups is 1. The Bertz CT molecular complexity index is 495. The number of rotatable bonds is 5. The van der Waals surface area contributed by atoms with Gasteiger partial charge in [0.2, 0.25) is 0 Å². The van der Waals surface area contributed by atoms with Crippen LogP contribution in [0.4, 0.5) is 0 Å². The number of furan rings is 1. The molecule has 1 aromatic rings. The zero-order chi connectivity index (χ0) is 15.4. The van der Waals surface area contributed by atoms with E-state index in [1.54, 1.807) is 13.3 Å². The van der Waals surface area contributed by atoms with Crippen molar-refractivity contribution < 1.29 is 13.9 Å². The Morgan fingerprint density at radius 2 is 2.45 bits per heavy atom. The van der Waals surface area contributed by atoms with E-state index >= 15 is 0 Å². The normalized spacial score (nSPS) is 31.3. The Morgan fingerprint density at radius 3 is 3.09 bits per heavy atom. The van der Waals surface area contributed by atoms with Crippen LogP contribution in [0, 0.1) is 0 Å². The maximum absolute atomic E-state index is 6.06. The van der Waals surface area contributed by atoms with E-state index in [9.17, 15) is 0 Å². The summed E-state index contributed by atoms with van der Waals surface area (Å²) in [5.74, 6) is 1.65. The molecule has 6 heteroatoms. The summed E-state index contributed by atoms with van der Waals surface area (Å²) >= 11 is 0. The number of nitrogens with one attached hydrogen (secondary N) is 2. The average Bonchev–Trinajstić information content (AvgIpc) is 3.21. The van der Waals surface area contributed by atoms with Gasteiger partial charge in [0.05, 0.1) is 25.0 Å². The number of nitrogens with zero attached hydrogens (tertiary/aromatic N) is 1. The zero-order valence-electron chi connectivity index (χ0n) is 13.3. The molecule has 1 saturated heterocycles. The van der Waals surface area contributed by atoms with Crippen LogP contribution in [0.25, 0.3) is 0 Å². The molecule has 0 bridgehead atoms. The van der Waals surface area contributed by atoms with Crippen LogP contribution in [0.1, 0.15) is 31.9 Å². The van der Waals surface area contributed by atoms with Crippen LogP contribution in [0.5, 0.6) is 0 Å². The Kier molecular flexibility index (Phi) is 4.69. The quantitative estimate of drug-likeness (QED) is 0.640. The highest BCUT2D eigenvalue weighted by Gasteiger charge is 2.59. The Labute approximate surface area is 131 Å². The summed E-state index contributed by atoms with van der Waals surface area (Å²) < 4.78 is 17.2. The molecule has 22 heavy (non-hydrogen) atoms. The van der Waals surface area contributed by atoms with Crippen LogP contribution in [0.15, 0.2) is 27.8 Å². The van der Waals surface area contributed by atoms with Gasteiger partial charge in [0.1, 0.15) is 11.4 Å². The molecule has 3 atom stereocenters. The summed E-state index contributed by atoms with van der Waals surface area (Å²) in [5.41, 5.74) is -0.182. The van der Waals surface area contributed by atoms with E-state index in [1.807, 2.05) is 19.1 Å². The molecule has 1 aliphatic heterocycles. The first kappa shape index (κ1) is 15.4. The summed E-state index contributed by atoms with van der Waals surface area (Å²) in [6.45, 7) is 4.20. The second-order valence-electron chi connectivity index (χ2n) is 5.79. The highest BCUT2D eigenvalue weighted by atomic mass is 16.6. The van der Waals surface area contributed by atoms with E-state index in [2.05, 4.69) is 15.6 Å². The van der Waals surface area contributed by atoms with E-state index in [4.69, 9.17) is 13.9 Å². The Balaban J connectivity index is 1.57. The Hall–Kier alpha value is -1.53. The third-order valence-corrected chi connectivity index (χ3v) is 4.58. The van der Waals surface area contributed by atoms with Gasteiger partial charge in [-0.05, 0) is 38.3 Å². The highest BCUT2D eigenvalue weighted by Crippen LogP contribution is 2.45. The molecule has 2 aliphatic rings. The second-order valence-corrected chi connectivity index (χ2v) is 5.79. The maximum Gasteiger partial charge on any atom is 0.191 e. The van der Waals surface area contributed by atoms with Crippen molar-refractivity contribution in [2.75, 3.05) is 20.3 Å². The molecule has 6 nitrogen and oxygen atoms in total. The van der Waals surface area contributed by atoms with Crippen molar-refractivity contribution in [1.29, 1.82) is 0 Å². The predicted octanol–water partition coefficient (Wildman–Crippen LogP) is 1.67. The molecule has 1 aromatic heterocycles. The van der Waals surface area contributed by atoms with Crippen molar-refractivity contribution in [2.24, 2.45) is 4.99 Å². The first-order valence-corrected chi connectivity index (χ1v) is 8.03. The van der Waals surface area contributed by atoms with Crippen LogP contribution in [0.3, 0.4) is 0 Å². The van der Waals surface area contributed by atoms with E-state index in [0.29, 0.717) is 6.54 Å². The lowest BCUT2D eigenvalue weighted by Gasteiger charge is -2.52. The van der Waals surface area contributed by atoms with Crippen molar-refractivity contribution in [3.63, 3.8) is 0 Å². The van der Waals surface area contributed by atoms with Crippen molar-refractivity contribution in [3.8, 4) is 0 Å². The van der Waals surface area contributed by atoms with E-state index in [-0.39, 0.29) is 17.7 Å². The topological polar surface area (TPSA) is 68.0 Å². The Morgan fingerprint density at radius 1 is 1.55 bits per heavy atom. The monoisotopic (exact) mass is 307 g/mol. The molecule has 1 aliphatic carbocycles. The van der Waals surface area contributed by atoms with E-state index < -0.39 is 0 Å². The highest BCUT2D eigenvalue weighted by molar-refractivity contribution is 5.80. The molecule has 0 aromatic carbocycles. The minimum absolute atomic E-state index is 0.182. The van der Waals surface area contributed by atoms with E-state index in [1.165, 1.54) is 0 Å². The lowest BCUT2D eigenvalue weighted by molar-refractivity contribution is -0.194. The molecule has 1 spiro atoms. The molecule has 122 valence electrons. The summed E-state index contributed by atoms with van der Waals surface area (Å²) in [5, 5.41) is 6.75. The molecule has 1 saturated carbocycles. The van der Waals surface area contributed by atoms with Crippen LogP contribution in [-0.2, 0) is 16.0 Å². The molecular weight excluding hydrogens is 282 g/mol. The number of hydrogen-bond acceptors (Lipinski definition) is 4. The molecule has 3 rings (SSSR count).